The van der Waals surface area contributed by atoms with Crippen molar-refractivity contribution in [2.24, 2.45) is 5.92 Å². The number of rotatable bonds is 5. The minimum absolute atomic E-state index is 0.163. The van der Waals surface area contributed by atoms with Crippen molar-refractivity contribution in [3.63, 3.8) is 0 Å². The number of hydrogen-bond acceptors (Lipinski definition) is 5. The third-order valence-electron chi connectivity index (χ3n) is 4.03. The van der Waals surface area contributed by atoms with Crippen LogP contribution in [0.15, 0.2) is 18.2 Å². The zero-order valence-electron chi connectivity index (χ0n) is 13.1. The van der Waals surface area contributed by atoms with Crippen molar-refractivity contribution in [3.8, 4) is 11.5 Å². The fourth-order valence-corrected chi connectivity index (χ4v) is 2.81. The van der Waals surface area contributed by atoms with Crippen molar-refractivity contribution < 1.29 is 19.1 Å². The van der Waals surface area contributed by atoms with Gasteiger partial charge in [0.25, 0.3) is 0 Å². The first-order valence-electron chi connectivity index (χ1n) is 7.84. The third kappa shape index (κ3) is 3.24. The van der Waals surface area contributed by atoms with Gasteiger partial charge >= 0.3 is 0 Å². The van der Waals surface area contributed by atoms with E-state index in [4.69, 9.17) is 9.47 Å². The van der Waals surface area contributed by atoms with E-state index in [0.717, 1.165) is 5.69 Å². The highest BCUT2D eigenvalue weighted by atomic mass is 16.6. The van der Waals surface area contributed by atoms with Crippen LogP contribution in [0.5, 0.6) is 11.5 Å². The molecule has 23 heavy (non-hydrogen) atoms. The van der Waals surface area contributed by atoms with Crippen LogP contribution in [0.4, 0.5) is 5.69 Å². The first kappa shape index (κ1) is 15.6. The Labute approximate surface area is 134 Å². The average molecular weight is 319 g/mol. The van der Waals surface area contributed by atoms with Crippen molar-refractivity contribution >= 4 is 17.5 Å². The fourth-order valence-electron chi connectivity index (χ4n) is 2.81. The number of ether oxygens (including phenoxy) is 2. The molecule has 2 heterocycles. The van der Waals surface area contributed by atoms with Crippen molar-refractivity contribution in [2.75, 3.05) is 44.8 Å². The van der Waals surface area contributed by atoms with Gasteiger partial charge in [-0.15, -0.1) is 0 Å². The van der Waals surface area contributed by atoms with Crippen LogP contribution in [-0.4, -0.2) is 51.7 Å². The minimum atomic E-state index is -0.611. The van der Waals surface area contributed by atoms with Gasteiger partial charge in [0.2, 0.25) is 11.8 Å². The van der Waals surface area contributed by atoms with E-state index >= 15 is 0 Å². The highest BCUT2D eigenvalue weighted by molar-refractivity contribution is 6.09. The van der Waals surface area contributed by atoms with E-state index in [1.165, 1.54) is 0 Å². The molecule has 0 bridgehead atoms. The number of anilines is 1. The fraction of sp³-hybridized carbons (Fsp3) is 0.500. The van der Waals surface area contributed by atoms with E-state index in [0.29, 0.717) is 50.8 Å². The zero-order valence-corrected chi connectivity index (χ0v) is 13.1. The molecule has 2 aliphatic heterocycles. The monoisotopic (exact) mass is 319 g/mol. The quantitative estimate of drug-likeness (QED) is 0.596. The topological polar surface area (TPSA) is 79.9 Å². The number of hydrogen-bond donors (Lipinski definition) is 2. The molecule has 0 spiro atoms. The zero-order chi connectivity index (χ0) is 16.2. The van der Waals surface area contributed by atoms with Gasteiger partial charge in [-0.1, -0.05) is 0 Å². The molecule has 1 atom stereocenters. The van der Waals surface area contributed by atoms with Crippen LogP contribution < -0.4 is 25.0 Å². The molecule has 0 aliphatic carbocycles. The van der Waals surface area contributed by atoms with Crippen molar-refractivity contribution in [1.82, 2.24) is 10.6 Å². The SMILES string of the molecule is CNCCNC(=O)C1CCN(c2ccc3c(c2)OCCO3)C1=O. The molecule has 3 rings (SSSR count). The molecule has 2 aliphatic rings. The number of likely N-dealkylation sites (N-methyl/N-ethyl adjacent to an activating group) is 1. The van der Waals surface area contributed by atoms with Crippen LogP contribution in [0.2, 0.25) is 0 Å². The summed E-state index contributed by atoms with van der Waals surface area (Å²) < 4.78 is 11.0. The molecular formula is C16H21N3O4. The predicted molar refractivity (Wildman–Crippen MR) is 84.8 cm³/mol. The molecule has 2 N–H and O–H groups in total. The maximum atomic E-state index is 12.5. The Balaban J connectivity index is 1.68. The number of nitrogens with one attached hydrogen (secondary N) is 2. The lowest BCUT2D eigenvalue weighted by molar-refractivity contribution is -0.132. The van der Waals surface area contributed by atoms with Crippen molar-refractivity contribution in [3.05, 3.63) is 18.2 Å². The molecule has 124 valence electrons. The van der Waals surface area contributed by atoms with E-state index in [1.54, 1.807) is 17.0 Å². The number of carbonyl (C=O) groups excluding carboxylic acids is 2. The van der Waals surface area contributed by atoms with Crippen LogP contribution >= 0.6 is 0 Å². The second-order valence-electron chi connectivity index (χ2n) is 5.55. The molecule has 7 heteroatoms. The van der Waals surface area contributed by atoms with Crippen LogP contribution in [0.25, 0.3) is 0 Å². The average Bonchev–Trinajstić information content (AvgIpc) is 2.96. The summed E-state index contributed by atoms with van der Waals surface area (Å²) in [5.74, 6) is 0.352. The molecule has 1 unspecified atom stereocenters. The van der Waals surface area contributed by atoms with Gasteiger partial charge in [0, 0.05) is 31.4 Å². The molecule has 0 radical (unpaired) electrons. The van der Waals surface area contributed by atoms with Crippen LogP contribution in [0.3, 0.4) is 0 Å². The number of fused-ring (bicyclic) bond motifs is 1. The number of nitrogens with zero attached hydrogens (tertiary/aromatic N) is 1. The minimum Gasteiger partial charge on any atom is -0.486 e. The standard InChI is InChI=1S/C16H21N3O4/c1-17-5-6-18-15(20)12-4-7-19(16(12)21)11-2-3-13-14(10-11)23-9-8-22-13/h2-3,10,12,17H,4-9H2,1H3,(H,18,20). The summed E-state index contributed by atoms with van der Waals surface area (Å²) in [7, 11) is 1.82. The Bertz CT molecular complexity index is 605. The molecule has 1 saturated heterocycles. The first-order chi connectivity index (χ1) is 11.2. The Kier molecular flexibility index (Phi) is 4.66. The second-order valence-corrected chi connectivity index (χ2v) is 5.55. The Morgan fingerprint density at radius 3 is 2.83 bits per heavy atom. The van der Waals surface area contributed by atoms with Crippen LogP contribution in [0.1, 0.15) is 6.42 Å². The molecule has 1 aromatic rings. The summed E-state index contributed by atoms with van der Waals surface area (Å²) in [6, 6.07) is 5.43. The molecule has 0 saturated carbocycles. The first-order valence-corrected chi connectivity index (χ1v) is 7.84. The summed E-state index contributed by atoms with van der Waals surface area (Å²) in [5.41, 5.74) is 0.741. The molecule has 2 amide bonds. The third-order valence-corrected chi connectivity index (χ3v) is 4.03. The lowest BCUT2D eigenvalue weighted by Gasteiger charge is -2.22. The van der Waals surface area contributed by atoms with Crippen molar-refractivity contribution in [2.45, 2.75) is 6.42 Å². The largest absolute Gasteiger partial charge is 0.486 e. The molecular weight excluding hydrogens is 298 g/mol. The van der Waals surface area contributed by atoms with E-state index in [2.05, 4.69) is 10.6 Å². The maximum absolute atomic E-state index is 12.5. The summed E-state index contributed by atoms with van der Waals surface area (Å²) in [6.07, 6.45) is 0.526. The smallest absolute Gasteiger partial charge is 0.239 e. The lowest BCUT2D eigenvalue weighted by Crippen LogP contribution is -2.39. The number of carbonyl (C=O) groups is 2. The number of benzene rings is 1. The van der Waals surface area contributed by atoms with E-state index in [9.17, 15) is 9.59 Å². The lowest BCUT2D eigenvalue weighted by atomic mass is 10.1. The Hall–Kier alpha value is -2.28. The maximum Gasteiger partial charge on any atom is 0.239 e. The van der Waals surface area contributed by atoms with Crippen molar-refractivity contribution in [1.29, 1.82) is 0 Å². The van der Waals surface area contributed by atoms with E-state index in [1.807, 2.05) is 13.1 Å². The van der Waals surface area contributed by atoms with Crippen LogP contribution in [0, 0.1) is 5.92 Å². The second kappa shape index (κ2) is 6.87. The van der Waals surface area contributed by atoms with E-state index < -0.39 is 5.92 Å². The van der Waals surface area contributed by atoms with Gasteiger partial charge < -0.3 is 25.0 Å². The Morgan fingerprint density at radius 2 is 2.04 bits per heavy atom. The summed E-state index contributed by atoms with van der Waals surface area (Å²) in [6.45, 7) is 2.76. The molecule has 1 fully saturated rings. The Morgan fingerprint density at radius 1 is 1.26 bits per heavy atom. The molecule has 1 aromatic carbocycles. The highest BCUT2D eigenvalue weighted by Crippen LogP contribution is 2.35. The molecule has 0 aromatic heterocycles. The van der Waals surface area contributed by atoms with Gasteiger partial charge in [0.1, 0.15) is 19.1 Å². The molecule has 7 nitrogen and oxygen atoms in total. The van der Waals surface area contributed by atoms with Crippen LogP contribution in [-0.2, 0) is 9.59 Å². The normalized spacial score (nSPS) is 19.8. The predicted octanol–water partition coefficient (Wildman–Crippen LogP) is 0.146. The van der Waals surface area contributed by atoms with Gasteiger partial charge in [-0.05, 0) is 25.6 Å². The van der Waals surface area contributed by atoms with Gasteiger partial charge in [-0.3, -0.25) is 9.59 Å². The highest BCUT2D eigenvalue weighted by Gasteiger charge is 2.37. The van der Waals surface area contributed by atoms with Gasteiger partial charge in [0.05, 0.1) is 0 Å². The van der Waals surface area contributed by atoms with Gasteiger partial charge in [-0.25, -0.2) is 0 Å². The van der Waals surface area contributed by atoms with Gasteiger partial charge in [-0.2, -0.15) is 0 Å². The number of amides is 2. The van der Waals surface area contributed by atoms with Gasteiger partial charge in [0.15, 0.2) is 11.5 Å². The summed E-state index contributed by atoms with van der Waals surface area (Å²) >= 11 is 0. The summed E-state index contributed by atoms with van der Waals surface area (Å²) in [4.78, 5) is 26.3. The summed E-state index contributed by atoms with van der Waals surface area (Å²) in [5, 5.41) is 5.74. The van der Waals surface area contributed by atoms with E-state index in [-0.39, 0.29) is 11.8 Å².